The zero-order valence-electron chi connectivity index (χ0n) is 6.01. The standard InChI is InChI=1S/C7H13NS2/c9-6-10-8-7-4-2-1-3-5-7/h6-8H,1-5H2. The van der Waals surface area contributed by atoms with Crippen LogP contribution in [-0.2, 0) is 0 Å². The van der Waals surface area contributed by atoms with Crippen LogP contribution in [0.1, 0.15) is 32.1 Å². The molecule has 0 aliphatic heterocycles. The zero-order valence-corrected chi connectivity index (χ0v) is 7.64. The van der Waals surface area contributed by atoms with Crippen LogP contribution in [0.2, 0.25) is 0 Å². The quantitative estimate of drug-likeness (QED) is 0.523. The Morgan fingerprint density at radius 1 is 1.30 bits per heavy atom. The average Bonchev–Trinajstić information content (AvgIpc) is 2.03. The molecule has 0 saturated heterocycles. The molecule has 0 heterocycles. The normalized spacial score (nSPS) is 20.8. The molecule has 1 fully saturated rings. The van der Waals surface area contributed by atoms with E-state index in [-0.39, 0.29) is 0 Å². The van der Waals surface area contributed by atoms with Crippen LogP contribution in [0.3, 0.4) is 0 Å². The Hall–Kier alpha value is 0.400. The van der Waals surface area contributed by atoms with Crippen molar-refractivity contribution in [1.29, 1.82) is 0 Å². The van der Waals surface area contributed by atoms with Crippen molar-refractivity contribution in [2.24, 2.45) is 0 Å². The number of hydrogen-bond acceptors (Lipinski definition) is 3. The Morgan fingerprint density at radius 3 is 2.60 bits per heavy atom. The van der Waals surface area contributed by atoms with Crippen molar-refractivity contribution in [2.75, 3.05) is 0 Å². The predicted octanol–water partition coefficient (Wildman–Crippen LogP) is 2.51. The fourth-order valence-electron chi connectivity index (χ4n) is 1.34. The van der Waals surface area contributed by atoms with E-state index in [0.29, 0.717) is 0 Å². The van der Waals surface area contributed by atoms with Gasteiger partial charge in [0, 0.05) is 10.7 Å². The second kappa shape index (κ2) is 5.10. The van der Waals surface area contributed by atoms with Gasteiger partial charge in [-0.25, -0.2) is 0 Å². The zero-order chi connectivity index (χ0) is 7.23. The summed E-state index contributed by atoms with van der Waals surface area (Å²) in [5, 5.41) is 0. The SMILES string of the molecule is S=CSNC1CCCCC1. The number of nitrogens with one attached hydrogen (secondary N) is 1. The van der Waals surface area contributed by atoms with E-state index in [1.165, 1.54) is 32.1 Å². The molecule has 1 saturated carbocycles. The molecule has 0 spiro atoms. The van der Waals surface area contributed by atoms with E-state index in [1.54, 1.807) is 16.6 Å². The van der Waals surface area contributed by atoms with Gasteiger partial charge in [-0.2, -0.15) is 0 Å². The second-order valence-corrected chi connectivity index (χ2v) is 3.91. The van der Waals surface area contributed by atoms with Gasteiger partial charge in [0.05, 0.1) is 0 Å². The molecule has 0 aromatic carbocycles. The van der Waals surface area contributed by atoms with Crippen molar-refractivity contribution < 1.29 is 0 Å². The van der Waals surface area contributed by atoms with Crippen LogP contribution in [0.4, 0.5) is 0 Å². The molecule has 58 valence electrons. The molecular formula is C7H13NS2. The van der Waals surface area contributed by atoms with E-state index >= 15 is 0 Å². The molecular weight excluding hydrogens is 162 g/mol. The number of hydrogen-bond donors (Lipinski definition) is 1. The largest absolute Gasteiger partial charge is 0.257 e. The molecule has 1 rings (SSSR count). The molecule has 0 radical (unpaired) electrons. The Bertz CT molecular complexity index is 99.8. The maximum atomic E-state index is 4.70. The van der Waals surface area contributed by atoms with Crippen LogP contribution in [0.25, 0.3) is 0 Å². The average molecular weight is 175 g/mol. The van der Waals surface area contributed by atoms with E-state index in [9.17, 15) is 0 Å². The summed E-state index contributed by atoms with van der Waals surface area (Å²) >= 11 is 6.25. The molecule has 0 aromatic heterocycles. The molecule has 0 aromatic rings. The van der Waals surface area contributed by atoms with Crippen molar-refractivity contribution in [2.45, 2.75) is 38.1 Å². The van der Waals surface area contributed by atoms with Crippen molar-refractivity contribution in [3.05, 3.63) is 0 Å². The van der Waals surface area contributed by atoms with Gasteiger partial charge < -0.3 is 0 Å². The highest BCUT2D eigenvalue weighted by atomic mass is 32.2. The predicted molar refractivity (Wildman–Crippen MR) is 51.3 cm³/mol. The van der Waals surface area contributed by atoms with Gasteiger partial charge in [-0.05, 0) is 24.8 Å². The Balaban J connectivity index is 2.07. The van der Waals surface area contributed by atoms with Crippen molar-refractivity contribution >= 4 is 28.9 Å². The first-order valence-electron chi connectivity index (χ1n) is 3.78. The smallest absolute Gasteiger partial charge is 0.0497 e. The fourth-order valence-corrected chi connectivity index (χ4v) is 1.99. The fraction of sp³-hybridized carbons (Fsp3) is 0.857. The number of rotatable bonds is 3. The van der Waals surface area contributed by atoms with Crippen LogP contribution in [-0.4, -0.2) is 10.7 Å². The van der Waals surface area contributed by atoms with E-state index in [4.69, 9.17) is 12.2 Å². The monoisotopic (exact) mass is 175 g/mol. The van der Waals surface area contributed by atoms with Crippen LogP contribution >= 0.6 is 24.2 Å². The van der Waals surface area contributed by atoms with E-state index in [2.05, 4.69) is 4.72 Å². The summed E-state index contributed by atoms with van der Waals surface area (Å²) in [6.45, 7) is 0. The molecule has 0 bridgehead atoms. The first-order chi connectivity index (χ1) is 4.93. The molecule has 1 aliphatic rings. The summed E-state index contributed by atoms with van der Waals surface area (Å²) in [5.41, 5.74) is 0. The summed E-state index contributed by atoms with van der Waals surface area (Å²) in [4.78, 5) is 0. The summed E-state index contributed by atoms with van der Waals surface area (Å²) < 4.78 is 5.02. The topological polar surface area (TPSA) is 12.0 Å². The molecule has 1 N–H and O–H groups in total. The summed E-state index contributed by atoms with van der Waals surface area (Å²) in [7, 11) is 0. The van der Waals surface area contributed by atoms with Crippen LogP contribution < -0.4 is 4.72 Å². The molecule has 0 atom stereocenters. The minimum absolute atomic E-state index is 0.720. The maximum absolute atomic E-state index is 4.70. The summed E-state index contributed by atoms with van der Waals surface area (Å²) in [6, 6.07) is 0.720. The lowest BCUT2D eigenvalue weighted by Crippen LogP contribution is -2.25. The van der Waals surface area contributed by atoms with Gasteiger partial charge in [0.2, 0.25) is 0 Å². The maximum Gasteiger partial charge on any atom is 0.0497 e. The third-order valence-electron chi connectivity index (χ3n) is 1.89. The van der Waals surface area contributed by atoms with Crippen LogP contribution in [0.15, 0.2) is 0 Å². The van der Waals surface area contributed by atoms with Crippen molar-refractivity contribution in [1.82, 2.24) is 4.72 Å². The van der Waals surface area contributed by atoms with Gasteiger partial charge >= 0.3 is 0 Å². The highest BCUT2D eigenvalue weighted by molar-refractivity contribution is 8.19. The molecule has 1 aliphatic carbocycles. The van der Waals surface area contributed by atoms with Crippen molar-refractivity contribution in [3.8, 4) is 0 Å². The van der Waals surface area contributed by atoms with E-state index in [0.717, 1.165) is 6.04 Å². The Labute approximate surface area is 72.1 Å². The molecule has 10 heavy (non-hydrogen) atoms. The lowest BCUT2D eigenvalue weighted by atomic mass is 9.96. The summed E-state index contributed by atoms with van der Waals surface area (Å²) in [6.07, 6.45) is 6.85. The van der Waals surface area contributed by atoms with Gasteiger partial charge in [0.1, 0.15) is 0 Å². The van der Waals surface area contributed by atoms with Gasteiger partial charge in [-0.1, -0.05) is 31.5 Å². The lowest BCUT2D eigenvalue weighted by molar-refractivity contribution is 0.424. The highest BCUT2D eigenvalue weighted by Gasteiger charge is 2.11. The van der Waals surface area contributed by atoms with E-state index in [1.807, 2.05) is 0 Å². The minimum Gasteiger partial charge on any atom is -0.257 e. The van der Waals surface area contributed by atoms with Gasteiger partial charge in [0.25, 0.3) is 0 Å². The molecule has 0 amide bonds. The summed E-state index contributed by atoms with van der Waals surface area (Å²) in [5.74, 6) is 0. The van der Waals surface area contributed by atoms with Crippen molar-refractivity contribution in [3.63, 3.8) is 0 Å². The Morgan fingerprint density at radius 2 is 2.00 bits per heavy atom. The molecule has 3 heteroatoms. The molecule has 1 nitrogen and oxygen atoms in total. The first-order valence-corrected chi connectivity index (χ1v) is 5.13. The van der Waals surface area contributed by atoms with Crippen LogP contribution in [0.5, 0.6) is 0 Å². The first kappa shape index (κ1) is 8.50. The van der Waals surface area contributed by atoms with Gasteiger partial charge in [-0.15, -0.1) is 0 Å². The third-order valence-corrected chi connectivity index (χ3v) is 2.74. The highest BCUT2D eigenvalue weighted by Crippen LogP contribution is 2.18. The lowest BCUT2D eigenvalue weighted by Gasteiger charge is -2.20. The third kappa shape index (κ3) is 2.99. The molecule has 0 unspecified atom stereocenters. The van der Waals surface area contributed by atoms with Gasteiger partial charge in [-0.3, -0.25) is 4.72 Å². The minimum atomic E-state index is 0.720. The van der Waals surface area contributed by atoms with Crippen LogP contribution in [0, 0.1) is 0 Å². The van der Waals surface area contributed by atoms with Gasteiger partial charge in [0.15, 0.2) is 0 Å². The Kier molecular flexibility index (Phi) is 4.34. The number of thiocarbonyl (C=S) groups is 1. The second-order valence-electron chi connectivity index (χ2n) is 2.67. The van der Waals surface area contributed by atoms with E-state index < -0.39 is 0 Å².